The Balaban J connectivity index is 1.97. The number of hydrogen-bond acceptors (Lipinski definition) is 3. The van der Waals surface area contributed by atoms with Gasteiger partial charge < -0.3 is 5.11 Å². The highest BCUT2D eigenvalue weighted by Crippen LogP contribution is 2.53. The molecule has 1 aromatic heterocycles. The maximum Gasteiger partial charge on any atom is 0.111 e. The Morgan fingerprint density at radius 2 is 2.12 bits per heavy atom. The summed E-state index contributed by atoms with van der Waals surface area (Å²) in [5.74, 6) is 0.364. The van der Waals surface area contributed by atoms with Gasteiger partial charge >= 0.3 is 0 Å². The first-order valence-electron chi connectivity index (χ1n) is 6.18. The van der Waals surface area contributed by atoms with E-state index in [0.717, 1.165) is 36.0 Å². The molecule has 1 saturated carbocycles. The molecule has 0 aliphatic heterocycles. The van der Waals surface area contributed by atoms with Gasteiger partial charge in [0.2, 0.25) is 0 Å². The fraction of sp³-hybridized carbons (Fsp3) is 0.429. The molecular weight excluding hydrogens is 212 g/mol. The first-order valence-corrected chi connectivity index (χ1v) is 6.18. The minimum Gasteiger partial charge on any atom is -0.383 e. The molecule has 1 heterocycles. The molecule has 3 rings (SSSR count). The first-order chi connectivity index (χ1) is 8.24. The number of aliphatic hydroxyl groups is 1. The lowest BCUT2D eigenvalue weighted by Gasteiger charge is -2.09. The SMILES string of the molecule is CCCC1CC1(O)c1cnc2ccccc2n1. The maximum atomic E-state index is 10.4. The predicted molar refractivity (Wildman–Crippen MR) is 66.4 cm³/mol. The van der Waals surface area contributed by atoms with Gasteiger partial charge in [-0.1, -0.05) is 25.5 Å². The molecule has 0 saturated heterocycles. The van der Waals surface area contributed by atoms with Gasteiger partial charge in [-0.05, 0) is 30.9 Å². The molecule has 2 unspecified atom stereocenters. The molecule has 2 atom stereocenters. The molecule has 88 valence electrons. The Morgan fingerprint density at radius 1 is 1.35 bits per heavy atom. The van der Waals surface area contributed by atoms with Crippen LogP contribution in [-0.4, -0.2) is 15.1 Å². The minimum atomic E-state index is -0.715. The molecule has 0 bridgehead atoms. The van der Waals surface area contributed by atoms with Crippen LogP contribution in [0.4, 0.5) is 0 Å². The van der Waals surface area contributed by atoms with Crippen LogP contribution in [0.5, 0.6) is 0 Å². The molecule has 0 radical (unpaired) electrons. The Labute approximate surface area is 101 Å². The Morgan fingerprint density at radius 3 is 2.88 bits per heavy atom. The molecule has 17 heavy (non-hydrogen) atoms. The van der Waals surface area contributed by atoms with Gasteiger partial charge in [-0.25, -0.2) is 4.98 Å². The molecule has 1 aliphatic carbocycles. The van der Waals surface area contributed by atoms with Crippen LogP contribution < -0.4 is 0 Å². The predicted octanol–water partition coefficient (Wildman–Crippen LogP) is 2.64. The Hall–Kier alpha value is -1.48. The molecule has 1 fully saturated rings. The molecule has 0 amide bonds. The van der Waals surface area contributed by atoms with E-state index in [0.29, 0.717) is 5.92 Å². The number of para-hydroxylation sites is 2. The van der Waals surface area contributed by atoms with Crippen molar-refractivity contribution in [2.45, 2.75) is 31.8 Å². The fourth-order valence-corrected chi connectivity index (χ4v) is 2.49. The smallest absolute Gasteiger partial charge is 0.111 e. The van der Waals surface area contributed by atoms with Crippen LogP contribution >= 0.6 is 0 Å². The summed E-state index contributed by atoms with van der Waals surface area (Å²) in [6.45, 7) is 2.14. The first kappa shape index (κ1) is 10.7. The molecule has 2 aromatic rings. The minimum absolute atomic E-state index is 0.364. The number of hydrogen-bond donors (Lipinski definition) is 1. The Kier molecular flexibility index (Phi) is 2.37. The average Bonchev–Trinajstić information content (AvgIpc) is 3.01. The lowest BCUT2D eigenvalue weighted by atomic mass is 10.1. The second-order valence-electron chi connectivity index (χ2n) is 4.86. The highest BCUT2D eigenvalue weighted by Gasteiger charge is 2.54. The molecule has 3 nitrogen and oxygen atoms in total. The van der Waals surface area contributed by atoms with Crippen LogP contribution in [0.3, 0.4) is 0 Å². The third kappa shape index (κ3) is 1.71. The third-order valence-corrected chi connectivity index (χ3v) is 3.60. The van der Waals surface area contributed by atoms with Crippen molar-refractivity contribution < 1.29 is 5.11 Å². The second-order valence-corrected chi connectivity index (χ2v) is 4.86. The van der Waals surface area contributed by atoms with Crippen LogP contribution in [0.1, 0.15) is 31.9 Å². The maximum absolute atomic E-state index is 10.4. The van der Waals surface area contributed by atoms with E-state index in [1.54, 1.807) is 6.20 Å². The van der Waals surface area contributed by atoms with E-state index in [1.165, 1.54) is 0 Å². The molecule has 1 N–H and O–H groups in total. The second kappa shape index (κ2) is 3.77. The standard InChI is InChI=1S/C14H16N2O/c1-2-5-10-8-14(10,17)13-9-15-11-6-3-4-7-12(11)16-13/h3-4,6-7,9-10,17H,2,5,8H2,1H3. The van der Waals surface area contributed by atoms with Crippen LogP contribution in [0.15, 0.2) is 30.5 Å². The lowest BCUT2D eigenvalue weighted by molar-refractivity contribution is 0.124. The van der Waals surface area contributed by atoms with Gasteiger partial charge in [-0.3, -0.25) is 4.98 Å². The number of fused-ring (bicyclic) bond motifs is 1. The molecule has 3 heteroatoms. The van der Waals surface area contributed by atoms with Crippen molar-refractivity contribution in [2.24, 2.45) is 5.92 Å². The van der Waals surface area contributed by atoms with Crippen LogP contribution in [-0.2, 0) is 5.60 Å². The topological polar surface area (TPSA) is 46.0 Å². The number of aromatic nitrogens is 2. The molecule has 1 aliphatic rings. The quantitative estimate of drug-likeness (QED) is 0.878. The van der Waals surface area contributed by atoms with Crippen molar-refractivity contribution in [3.05, 3.63) is 36.2 Å². The number of benzene rings is 1. The summed E-state index contributed by atoms with van der Waals surface area (Å²) in [6, 6.07) is 7.77. The number of nitrogens with zero attached hydrogens (tertiary/aromatic N) is 2. The molecule has 1 aromatic carbocycles. The monoisotopic (exact) mass is 228 g/mol. The van der Waals surface area contributed by atoms with E-state index >= 15 is 0 Å². The summed E-state index contributed by atoms with van der Waals surface area (Å²) in [7, 11) is 0. The van der Waals surface area contributed by atoms with Crippen molar-refractivity contribution in [3.8, 4) is 0 Å². The van der Waals surface area contributed by atoms with Crippen molar-refractivity contribution in [1.82, 2.24) is 9.97 Å². The summed E-state index contributed by atoms with van der Waals surface area (Å²) in [6.07, 6.45) is 4.71. The third-order valence-electron chi connectivity index (χ3n) is 3.60. The zero-order valence-electron chi connectivity index (χ0n) is 9.93. The normalized spacial score (nSPS) is 27.3. The highest BCUT2D eigenvalue weighted by molar-refractivity contribution is 5.73. The summed E-state index contributed by atoms with van der Waals surface area (Å²) in [4.78, 5) is 8.89. The number of rotatable bonds is 3. The van der Waals surface area contributed by atoms with Crippen LogP contribution in [0, 0.1) is 5.92 Å². The largest absolute Gasteiger partial charge is 0.383 e. The zero-order chi connectivity index (χ0) is 11.9. The van der Waals surface area contributed by atoms with Crippen molar-refractivity contribution in [2.75, 3.05) is 0 Å². The van der Waals surface area contributed by atoms with Gasteiger partial charge in [-0.15, -0.1) is 0 Å². The van der Waals surface area contributed by atoms with Crippen LogP contribution in [0.25, 0.3) is 11.0 Å². The van der Waals surface area contributed by atoms with Gasteiger partial charge in [0, 0.05) is 0 Å². The fourth-order valence-electron chi connectivity index (χ4n) is 2.49. The van der Waals surface area contributed by atoms with Crippen molar-refractivity contribution in [1.29, 1.82) is 0 Å². The van der Waals surface area contributed by atoms with E-state index in [1.807, 2.05) is 24.3 Å². The summed E-state index contributed by atoms with van der Waals surface area (Å²) < 4.78 is 0. The van der Waals surface area contributed by atoms with E-state index in [-0.39, 0.29) is 0 Å². The van der Waals surface area contributed by atoms with E-state index < -0.39 is 5.60 Å². The zero-order valence-corrected chi connectivity index (χ0v) is 9.93. The molecular formula is C14H16N2O. The summed E-state index contributed by atoms with van der Waals surface area (Å²) in [5.41, 5.74) is 1.76. The van der Waals surface area contributed by atoms with E-state index in [9.17, 15) is 5.11 Å². The average molecular weight is 228 g/mol. The van der Waals surface area contributed by atoms with Crippen LogP contribution in [0.2, 0.25) is 0 Å². The van der Waals surface area contributed by atoms with Crippen molar-refractivity contribution in [3.63, 3.8) is 0 Å². The van der Waals surface area contributed by atoms with Crippen molar-refractivity contribution >= 4 is 11.0 Å². The lowest BCUT2D eigenvalue weighted by Crippen LogP contribution is -2.11. The summed E-state index contributed by atoms with van der Waals surface area (Å²) >= 11 is 0. The highest BCUT2D eigenvalue weighted by atomic mass is 16.3. The van der Waals surface area contributed by atoms with E-state index in [2.05, 4.69) is 16.9 Å². The van der Waals surface area contributed by atoms with Gasteiger partial charge in [0.15, 0.2) is 0 Å². The van der Waals surface area contributed by atoms with Gasteiger partial charge in [0.25, 0.3) is 0 Å². The van der Waals surface area contributed by atoms with Gasteiger partial charge in [0.05, 0.1) is 22.9 Å². The van der Waals surface area contributed by atoms with Gasteiger partial charge in [0.1, 0.15) is 5.60 Å². The summed E-state index contributed by atoms with van der Waals surface area (Å²) in [5, 5.41) is 10.4. The Bertz CT molecular complexity index is 555. The van der Waals surface area contributed by atoms with E-state index in [4.69, 9.17) is 0 Å². The van der Waals surface area contributed by atoms with Gasteiger partial charge in [-0.2, -0.15) is 0 Å². The molecule has 0 spiro atoms.